The molecule has 1 nitrogen and oxygen atoms in total. The van der Waals surface area contributed by atoms with Crippen molar-refractivity contribution in [2.75, 3.05) is 4.90 Å². The molecule has 0 aliphatic heterocycles. The van der Waals surface area contributed by atoms with Crippen LogP contribution in [0, 0.1) is 0 Å². The Morgan fingerprint density at radius 1 is 0.408 bits per heavy atom. The molecule has 9 aromatic rings. The number of nitrogens with zero attached hydrogens (tertiary/aromatic N) is 1. The molecule has 49 heavy (non-hydrogen) atoms. The Bertz CT molecular complexity index is 2740. The van der Waals surface area contributed by atoms with E-state index in [4.69, 9.17) is 0 Å². The monoisotopic (exact) mass is 643 g/mol. The Balaban J connectivity index is 1.16. The minimum absolute atomic E-state index is 0.0829. The fourth-order valence-corrected chi connectivity index (χ4v) is 9.25. The summed E-state index contributed by atoms with van der Waals surface area (Å²) in [6.07, 6.45) is 0. The van der Waals surface area contributed by atoms with Crippen molar-refractivity contribution in [3.63, 3.8) is 0 Å². The van der Waals surface area contributed by atoms with Gasteiger partial charge in [0.15, 0.2) is 0 Å². The molecule has 2 heteroatoms. The van der Waals surface area contributed by atoms with Gasteiger partial charge < -0.3 is 4.90 Å². The van der Waals surface area contributed by atoms with Gasteiger partial charge in [-0.3, -0.25) is 0 Å². The second-order valence-electron chi connectivity index (χ2n) is 13.8. The van der Waals surface area contributed by atoms with Gasteiger partial charge in [0.05, 0.1) is 0 Å². The van der Waals surface area contributed by atoms with Crippen molar-refractivity contribution in [3.8, 4) is 22.3 Å². The molecule has 1 aliphatic rings. The predicted molar refractivity (Wildman–Crippen MR) is 212 cm³/mol. The van der Waals surface area contributed by atoms with E-state index >= 15 is 0 Å². The highest BCUT2D eigenvalue weighted by molar-refractivity contribution is 7.25. The van der Waals surface area contributed by atoms with Gasteiger partial charge >= 0.3 is 0 Å². The summed E-state index contributed by atoms with van der Waals surface area (Å²) in [4.78, 5) is 2.44. The molecule has 1 heterocycles. The first-order valence-electron chi connectivity index (χ1n) is 17.0. The summed E-state index contributed by atoms with van der Waals surface area (Å²) in [6.45, 7) is 4.72. The molecule has 0 fully saturated rings. The molecular weight excluding hydrogens is 611 g/mol. The number of anilines is 3. The normalized spacial score (nSPS) is 13.3. The summed E-state index contributed by atoms with van der Waals surface area (Å²) in [7, 11) is 0. The van der Waals surface area contributed by atoms with Gasteiger partial charge in [-0.1, -0.05) is 123 Å². The van der Waals surface area contributed by atoms with E-state index in [0.717, 1.165) is 11.4 Å². The van der Waals surface area contributed by atoms with E-state index < -0.39 is 0 Å². The summed E-state index contributed by atoms with van der Waals surface area (Å²) >= 11 is 1.88. The van der Waals surface area contributed by atoms with Gasteiger partial charge in [-0.25, -0.2) is 0 Å². The van der Waals surface area contributed by atoms with Crippen LogP contribution in [0.1, 0.15) is 25.0 Å². The van der Waals surface area contributed by atoms with Crippen LogP contribution >= 0.6 is 11.3 Å². The second-order valence-corrected chi connectivity index (χ2v) is 14.9. The lowest BCUT2D eigenvalue weighted by Gasteiger charge is -2.28. The van der Waals surface area contributed by atoms with Crippen LogP contribution in [0.3, 0.4) is 0 Å². The summed E-state index contributed by atoms with van der Waals surface area (Å²) in [5.41, 5.74) is 11.3. The first kappa shape index (κ1) is 28.3. The van der Waals surface area contributed by atoms with Gasteiger partial charge in [0, 0.05) is 42.6 Å². The van der Waals surface area contributed by atoms with Crippen LogP contribution < -0.4 is 4.90 Å². The maximum absolute atomic E-state index is 2.44. The topological polar surface area (TPSA) is 3.24 Å². The van der Waals surface area contributed by atoms with Gasteiger partial charge in [-0.05, 0) is 110 Å². The molecule has 0 saturated heterocycles. The lowest BCUT2D eigenvalue weighted by Crippen LogP contribution is -2.16. The molecule has 1 aliphatic carbocycles. The zero-order valence-corrected chi connectivity index (χ0v) is 28.3. The van der Waals surface area contributed by atoms with Crippen LogP contribution in [0.5, 0.6) is 0 Å². The zero-order valence-electron chi connectivity index (χ0n) is 27.4. The molecule has 0 amide bonds. The second kappa shape index (κ2) is 10.7. The Morgan fingerprint density at radius 3 is 1.88 bits per heavy atom. The highest BCUT2D eigenvalue weighted by atomic mass is 32.1. The number of fused-ring (bicyclic) bond motifs is 8. The standard InChI is InChI=1S/C47H33NS/c1-47(2)43-17-8-7-15-39(43)40-24-22-36(29-44(40)47)48(34-20-18-31(19-21-34)38-16-9-13-30-10-5-6-14-37(30)38)35-23-25-45-42(28-35)41-26-32-11-3-4-12-33(32)27-46(41)49-45/h3-29H,1-2H3. The van der Waals surface area contributed by atoms with E-state index in [9.17, 15) is 0 Å². The lowest BCUT2D eigenvalue weighted by atomic mass is 9.82. The summed E-state index contributed by atoms with van der Waals surface area (Å²) in [5, 5.41) is 7.72. The molecular formula is C47H33NS. The average Bonchev–Trinajstić information content (AvgIpc) is 3.61. The maximum atomic E-state index is 2.44. The fraction of sp³-hybridized carbons (Fsp3) is 0.0638. The lowest BCUT2D eigenvalue weighted by molar-refractivity contribution is 0.660. The number of hydrogen-bond donors (Lipinski definition) is 0. The summed E-state index contributed by atoms with van der Waals surface area (Å²) < 4.78 is 2.64. The Hall–Kier alpha value is -5.70. The highest BCUT2D eigenvalue weighted by Gasteiger charge is 2.35. The first-order chi connectivity index (χ1) is 24.0. The van der Waals surface area contributed by atoms with Gasteiger partial charge in [0.1, 0.15) is 0 Å². The minimum atomic E-state index is -0.0829. The Labute approximate surface area is 290 Å². The van der Waals surface area contributed by atoms with Crippen LogP contribution in [0.4, 0.5) is 17.1 Å². The van der Waals surface area contributed by atoms with Crippen LogP contribution in [0.2, 0.25) is 0 Å². The van der Waals surface area contributed by atoms with Crippen molar-refractivity contribution in [1.82, 2.24) is 0 Å². The van der Waals surface area contributed by atoms with Crippen LogP contribution in [0.15, 0.2) is 164 Å². The number of benzene rings is 8. The van der Waals surface area contributed by atoms with Crippen LogP contribution in [-0.4, -0.2) is 0 Å². The molecule has 232 valence electrons. The largest absolute Gasteiger partial charge is 0.310 e. The van der Waals surface area contributed by atoms with E-state index in [0.29, 0.717) is 0 Å². The van der Waals surface area contributed by atoms with E-state index in [-0.39, 0.29) is 5.41 Å². The van der Waals surface area contributed by atoms with E-state index in [1.807, 2.05) is 11.3 Å². The van der Waals surface area contributed by atoms with Crippen molar-refractivity contribution < 1.29 is 0 Å². The van der Waals surface area contributed by atoms with Crippen molar-refractivity contribution >= 4 is 70.1 Å². The fourth-order valence-electron chi connectivity index (χ4n) is 8.14. The number of rotatable bonds is 4. The molecule has 10 rings (SSSR count). The van der Waals surface area contributed by atoms with Crippen molar-refractivity contribution in [2.24, 2.45) is 0 Å². The average molecular weight is 644 g/mol. The molecule has 0 bridgehead atoms. The van der Waals surface area contributed by atoms with Crippen molar-refractivity contribution in [2.45, 2.75) is 19.3 Å². The third-order valence-electron chi connectivity index (χ3n) is 10.6. The molecule has 0 unspecified atom stereocenters. The van der Waals surface area contributed by atoms with Gasteiger partial charge in [0.25, 0.3) is 0 Å². The molecule has 0 atom stereocenters. The number of thiophene rings is 1. The minimum Gasteiger partial charge on any atom is -0.310 e. The van der Waals surface area contributed by atoms with Gasteiger partial charge in [-0.2, -0.15) is 0 Å². The first-order valence-corrected chi connectivity index (χ1v) is 17.8. The SMILES string of the molecule is CC1(C)c2ccccc2-c2ccc(N(c3ccc(-c4cccc5ccccc45)cc3)c3ccc4sc5cc6ccccc6cc5c4c3)cc21. The maximum Gasteiger partial charge on any atom is 0.0468 e. The van der Waals surface area contributed by atoms with E-state index in [1.165, 1.54) is 80.8 Å². The summed E-state index contributed by atoms with van der Waals surface area (Å²) in [5.74, 6) is 0. The molecule has 0 spiro atoms. The molecule has 0 saturated carbocycles. The molecule has 0 radical (unpaired) electrons. The molecule has 0 N–H and O–H groups in total. The van der Waals surface area contributed by atoms with Crippen LogP contribution in [0.25, 0.3) is 64.0 Å². The Morgan fingerprint density at radius 2 is 1.02 bits per heavy atom. The van der Waals surface area contributed by atoms with Gasteiger partial charge in [0.2, 0.25) is 0 Å². The van der Waals surface area contributed by atoms with Crippen molar-refractivity contribution in [3.05, 3.63) is 175 Å². The van der Waals surface area contributed by atoms with Crippen molar-refractivity contribution in [1.29, 1.82) is 0 Å². The predicted octanol–water partition coefficient (Wildman–Crippen LogP) is 13.8. The van der Waals surface area contributed by atoms with E-state index in [1.54, 1.807) is 0 Å². The summed E-state index contributed by atoms with van der Waals surface area (Å²) in [6, 6.07) is 60.7. The molecule has 8 aromatic carbocycles. The van der Waals surface area contributed by atoms with Crippen LogP contribution in [-0.2, 0) is 5.41 Å². The van der Waals surface area contributed by atoms with E-state index in [2.05, 4.69) is 183 Å². The smallest absolute Gasteiger partial charge is 0.0468 e. The zero-order chi connectivity index (χ0) is 32.7. The number of hydrogen-bond acceptors (Lipinski definition) is 2. The Kier molecular flexibility index (Phi) is 6.16. The third-order valence-corrected chi connectivity index (χ3v) is 11.8. The quantitative estimate of drug-likeness (QED) is 0.184. The highest BCUT2D eigenvalue weighted by Crippen LogP contribution is 2.51. The van der Waals surface area contributed by atoms with Gasteiger partial charge in [-0.15, -0.1) is 11.3 Å². The molecule has 1 aromatic heterocycles. The third kappa shape index (κ3) is 4.38.